The molecule has 0 saturated heterocycles. The molecule has 0 heterocycles. The van der Waals surface area contributed by atoms with Crippen LogP contribution in [0.4, 0.5) is 0 Å². The maximum atomic E-state index is 11.3. The van der Waals surface area contributed by atoms with Gasteiger partial charge in [-0.05, 0) is 112 Å². The minimum Gasteiger partial charge on any atom is -0.393 e. The predicted molar refractivity (Wildman–Crippen MR) is 120 cm³/mol. The summed E-state index contributed by atoms with van der Waals surface area (Å²) >= 11 is 0. The summed E-state index contributed by atoms with van der Waals surface area (Å²) in [5.41, 5.74) is 3.50. The van der Waals surface area contributed by atoms with Gasteiger partial charge in [-0.3, -0.25) is 0 Å². The van der Waals surface area contributed by atoms with E-state index in [2.05, 4.69) is 46.8 Å². The van der Waals surface area contributed by atoms with Crippen molar-refractivity contribution < 1.29 is 10.2 Å². The van der Waals surface area contributed by atoms with E-state index in [4.69, 9.17) is 0 Å². The van der Waals surface area contributed by atoms with Crippen LogP contribution in [0.3, 0.4) is 0 Å². The molecule has 9 atom stereocenters. The summed E-state index contributed by atoms with van der Waals surface area (Å²) in [6, 6.07) is 0. The molecule has 0 bridgehead atoms. The van der Waals surface area contributed by atoms with Crippen LogP contribution in [0, 0.1) is 40.4 Å². The first-order valence-corrected chi connectivity index (χ1v) is 12.4. The minimum absolute atomic E-state index is 0.128. The Hall–Kier alpha value is -0.600. The Kier molecular flexibility index (Phi) is 5.84. The Morgan fingerprint density at radius 1 is 1.21 bits per heavy atom. The lowest BCUT2D eigenvalue weighted by atomic mass is 9.46. The average molecular weight is 401 g/mol. The van der Waals surface area contributed by atoms with E-state index in [0.717, 1.165) is 32.1 Å². The molecule has 0 amide bonds. The van der Waals surface area contributed by atoms with Crippen molar-refractivity contribution in [3.8, 4) is 0 Å². The number of aliphatic hydroxyl groups is 2. The highest BCUT2D eigenvalue weighted by molar-refractivity contribution is 5.26. The van der Waals surface area contributed by atoms with Gasteiger partial charge in [0.2, 0.25) is 0 Å². The highest BCUT2D eigenvalue weighted by Crippen LogP contribution is 2.67. The zero-order valence-electron chi connectivity index (χ0n) is 19.5. The Morgan fingerprint density at radius 3 is 2.69 bits per heavy atom. The minimum atomic E-state index is -0.136. The molecule has 0 aliphatic heterocycles. The number of allylic oxidation sites excluding steroid dienone is 3. The third-order valence-electron chi connectivity index (χ3n) is 9.99. The molecule has 0 unspecified atom stereocenters. The predicted octanol–water partition coefficient (Wildman–Crippen LogP) is 6.28. The van der Waals surface area contributed by atoms with Crippen LogP contribution in [0.5, 0.6) is 0 Å². The largest absolute Gasteiger partial charge is 0.393 e. The van der Waals surface area contributed by atoms with Gasteiger partial charge in [-0.15, -0.1) is 0 Å². The highest BCUT2D eigenvalue weighted by atomic mass is 16.3. The molecule has 3 fully saturated rings. The van der Waals surface area contributed by atoms with E-state index in [0.29, 0.717) is 35.0 Å². The first kappa shape index (κ1) is 21.6. The van der Waals surface area contributed by atoms with Gasteiger partial charge in [-0.2, -0.15) is 0 Å². The third kappa shape index (κ3) is 3.57. The second-order valence-corrected chi connectivity index (χ2v) is 11.9. The summed E-state index contributed by atoms with van der Waals surface area (Å²) in [7, 11) is 0. The summed E-state index contributed by atoms with van der Waals surface area (Å²) in [6.07, 6.45) is 14.7. The fraction of sp³-hybridized carbons (Fsp3) is 0.852. The monoisotopic (exact) mass is 400 g/mol. The molecule has 0 aromatic carbocycles. The molecule has 164 valence electrons. The van der Waals surface area contributed by atoms with E-state index in [-0.39, 0.29) is 17.6 Å². The van der Waals surface area contributed by atoms with Crippen LogP contribution in [0.25, 0.3) is 0 Å². The topological polar surface area (TPSA) is 40.5 Å². The first-order valence-electron chi connectivity index (χ1n) is 12.4. The molecule has 0 radical (unpaired) electrons. The van der Waals surface area contributed by atoms with E-state index < -0.39 is 0 Å². The van der Waals surface area contributed by atoms with Crippen LogP contribution in [-0.4, -0.2) is 22.4 Å². The van der Waals surface area contributed by atoms with Crippen molar-refractivity contribution in [2.75, 3.05) is 0 Å². The van der Waals surface area contributed by atoms with E-state index in [1.165, 1.54) is 36.8 Å². The van der Waals surface area contributed by atoms with Crippen LogP contribution in [0.1, 0.15) is 92.4 Å². The van der Waals surface area contributed by atoms with Gasteiger partial charge in [-0.1, -0.05) is 44.1 Å². The molecular formula is C27H44O2. The smallest absolute Gasteiger partial charge is 0.0579 e. The summed E-state index contributed by atoms with van der Waals surface area (Å²) in [4.78, 5) is 0. The number of fused-ring (bicyclic) bond motifs is 5. The lowest BCUT2D eigenvalue weighted by Gasteiger charge is -2.58. The summed E-state index contributed by atoms with van der Waals surface area (Å²) in [5, 5.41) is 21.5. The molecule has 0 aromatic heterocycles. The van der Waals surface area contributed by atoms with Crippen LogP contribution in [-0.2, 0) is 0 Å². The first-order chi connectivity index (χ1) is 13.7. The molecule has 0 spiro atoms. The van der Waals surface area contributed by atoms with Crippen molar-refractivity contribution >= 4 is 0 Å². The molecular weight excluding hydrogens is 356 g/mol. The van der Waals surface area contributed by atoms with Crippen molar-refractivity contribution in [2.24, 2.45) is 40.4 Å². The summed E-state index contributed by atoms with van der Waals surface area (Å²) in [6.45, 7) is 11.8. The molecule has 4 aliphatic rings. The Bertz CT molecular complexity index is 674. The van der Waals surface area contributed by atoms with Gasteiger partial charge in [-0.25, -0.2) is 0 Å². The molecule has 2 N–H and O–H groups in total. The van der Waals surface area contributed by atoms with Crippen molar-refractivity contribution in [2.45, 2.75) is 105 Å². The number of hydrogen-bond acceptors (Lipinski definition) is 2. The zero-order valence-corrected chi connectivity index (χ0v) is 19.5. The quantitative estimate of drug-likeness (QED) is 0.545. The van der Waals surface area contributed by atoms with Crippen molar-refractivity contribution in [1.82, 2.24) is 0 Å². The maximum absolute atomic E-state index is 11.3. The molecule has 0 aromatic rings. The molecule has 2 nitrogen and oxygen atoms in total. The Balaban J connectivity index is 1.56. The molecule has 4 rings (SSSR count). The SMILES string of the molecule is CC(C)=CCC[C@@H](C)[C@H]1C[C@@H](O)[C@H]2[C@@H]3CC=C4C[C@H](O)CC[C@]4(C)[C@H]3CC[C@@]21C. The molecule has 4 aliphatic carbocycles. The van der Waals surface area contributed by atoms with Gasteiger partial charge in [0.25, 0.3) is 0 Å². The third-order valence-corrected chi connectivity index (χ3v) is 9.99. The van der Waals surface area contributed by atoms with Gasteiger partial charge >= 0.3 is 0 Å². The van der Waals surface area contributed by atoms with Crippen LogP contribution < -0.4 is 0 Å². The fourth-order valence-corrected chi connectivity index (χ4v) is 8.47. The van der Waals surface area contributed by atoms with Crippen LogP contribution in [0.2, 0.25) is 0 Å². The number of aliphatic hydroxyl groups excluding tert-OH is 2. The zero-order chi connectivity index (χ0) is 21.0. The van der Waals surface area contributed by atoms with Gasteiger partial charge < -0.3 is 10.2 Å². The lowest BCUT2D eigenvalue weighted by Crippen LogP contribution is -2.52. The summed E-state index contributed by atoms with van der Waals surface area (Å²) < 4.78 is 0. The second kappa shape index (κ2) is 7.83. The van der Waals surface area contributed by atoms with E-state index in [1.807, 2.05) is 0 Å². The second-order valence-electron chi connectivity index (χ2n) is 11.9. The van der Waals surface area contributed by atoms with Crippen molar-refractivity contribution in [3.05, 3.63) is 23.3 Å². The normalized spacial score (nSPS) is 47.5. The van der Waals surface area contributed by atoms with Crippen LogP contribution >= 0.6 is 0 Å². The number of hydrogen-bond donors (Lipinski definition) is 2. The lowest BCUT2D eigenvalue weighted by molar-refractivity contribution is -0.0814. The molecule has 29 heavy (non-hydrogen) atoms. The molecule has 2 heteroatoms. The van der Waals surface area contributed by atoms with E-state index in [1.54, 1.807) is 0 Å². The van der Waals surface area contributed by atoms with Crippen molar-refractivity contribution in [3.63, 3.8) is 0 Å². The van der Waals surface area contributed by atoms with Crippen molar-refractivity contribution in [1.29, 1.82) is 0 Å². The average Bonchev–Trinajstić information content (AvgIpc) is 2.93. The van der Waals surface area contributed by atoms with E-state index in [9.17, 15) is 10.2 Å². The van der Waals surface area contributed by atoms with Gasteiger partial charge in [0, 0.05) is 0 Å². The molecule has 3 saturated carbocycles. The van der Waals surface area contributed by atoms with Crippen LogP contribution in [0.15, 0.2) is 23.3 Å². The highest BCUT2D eigenvalue weighted by Gasteiger charge is 2.61. The fourth-order valence-electron chi connectivity index (χ4n) is 8.47. The van der Waals surface area contributed by atoms with E-state index >= 15 is 0 Å². The van der Waals surface area contributed by atoms with Gasteiger partial charge in [0.05, 0.1) is 12.2 Å². The Morgan fingerprint density at radius 2 is 1.97 bits per heavy atom. The Labute approximate surface area is 178 Å². The maximum Gasteiger partial charge on any atom is 0.0579 e. The number of rotatable bonds is 4. The van der Waals surface area contributed by atoms with Gasteiger partial charge in [0.1, 0.15) is 0 Å². The van der Waals surface area contributed by atoms with Gasteiger partial charge in [0.15, 0.2) is 0 Å². The summed E-state index contributed by atoms with van der Waals surface area (Å²) in [5.74, 6) is 3.12. The standard InChI is InChI=1S/C27H44O2/c1-17(2)7-6-8-18(3)23-16-24(29)25-21-10-9-19-15-20(28)11-13-26(19,4)22(21)12-14-27(23,25)5/h7,9,18,20-25,28-29H,6,8,10-16H2,1-5H3/t18-,20-,21-,22+,23-,24-,25-,26+,27-/m1/s1.